The Hall–Kier alpha value is -2.11. The molecule has 21 heavy (non-hydrogen) atoms. The minimum atomic E-state index is -0.527. The molecule has 3 aromatic rings. The number of aromatic nitrogens is 2. The highest BCUT2D eigenvalue weighted by atomic mass is 35.5. The van der Waals surface area contributed by atoms with E-state index in [0.29, 0.717) is 11.5 Å². The van der Waals surface area contributed by atoms with Crippen LogP contribution in [0, 0.1) is 17.0 Å². The Morgan fingerprint density at radius 3 is 2.43 bits per heavy atom. The van der Waals surface area contributed by atoms with Crippen LogP contribution in [0.4, 0.5) is 5.69 Å². The number of nitrogens with zero attached hydrogens (tertiary/aromatic N) is 3. The normalized spacial score (nSPS) is 11.0. The third-order valence-electron chi connectivity index (χ3n) is 3.16. The lowest BCUT2D eigenvalue weighted by Crippen LogP contribution is -2.00. The number of para-hydroxylation sites is 2. The Kier molecular flexibility index (Phi) is 3.31. The predicted octanol–water partition coefficient (Wildman–Crippen LogP) is 4.55. The van der Waals surface area contributed by atoms with Gasteiger partial charge in [0, 0.05) is 12.1 Å². The van der Waals surface area contributed by atoms with Crippen LogP contribution in [-0.4, -0.2) is 14.5 Å². The van der Waals surface area contributed by atoms with Crippen LogP contribution in [0.15, 0.2) is 36.4 Å². The van der Waals surface area contributed by atoms with Gasteiger partial charge in [-0.05, 0) is 19.1 Å². The molecule has 0 aliphatic rings. The second-order valence-corrected chi connectivity index (χ2v) is 5.31. The van der Waals surface area contributed by atoms with Gasteiger partial charge in [0.25, 0.3) is 5.69 Å². The summed E-state index contributed by atoms with van der Waals surface area (Å²) in [5.41, 5.74) is 2.00. The highest BCUT2D eigenvalue weighted by molar-refractivity contribution is 6.38. The summed E-state index contributed by atoms with van der Waals surface area (Å²) in [5.74, 6) is 0.703. The van der Waals surface area contributed by atoms with E-state index in [4.69, 9.17) is 23.2 Å². The molecule has 0 radical (unpaired) electrons. The van der Waals surface area contributed by atoms with Crippen LogP contribution in [0.3, 0.4) is 0 Å². The van der Waals surface area contributed by atoms with Crippen molar-refractivity contribution in [3.63, 3.8) is 0 Å². The first-order valence-electron chi connectivity index (χ1n) is 6.07. The number of fused-ring (bicyclic) bond motifs is 1. The summed E-state index contributed by atoms with van der Waals surface area (Å²) >= 11 is 12.4. The molecule has 0 amide bonds. The summed E-state index contributed by atoms with van der Waals surface area (Å²) < 4.78 is 1.80. The van der Waals surface area contributed by atoms with Gasteiger partial charge in [0.05, 0.1) is 31.7 Å². The summed E-state index contributed by atoms with van der Waals surface area (Å²) in [5, 5.41) is 11.3. The van der Waals surface area contributed by atoms with Gasteiger partial charge in [-0.3, -0.25) is 14.7 Å². The number of benzene rings is 2. The second-order valence-electron chi connectivity index (χ2n) is 4.50. The maximum atomic E-state index is 10.9. The Labute approximate surface area is 129 Å². The van der Waals surface area contributed by atoms with Gasteiger partial charge in [0.1, 0.15) is 5.82 Å². The predicted molar refractivity (Wildman–Crippen MR) is 82.5 cm³/mol. The lowest BCUT2D eigenvalue weighted by atomic mass is 10.2. The lowest BCUT2D eigenvalue weighted by molar-refractivity contribution is -0.384. The fourth-order valence-corrected chi connectivity index (χ4v) is 2.94. The van der Waals surface area contributed by atoms with Crippen molar-refractivity contribution < 1.29 is 4.92 Å². The number of halogens is 2. The number of aryl methyl sites for hydroxylation is 1. The average molecular weight is 322 g/mol. The molecule has 0 aliphatic carbocycles. The largest absolute Gasteiger partial charge is 0.293 e. The van der Waals surface area contributed by atoms with E-state index in [-0.39, 0.29) is 15.7 Å². The maximum absolute atomic E-state index is 10.9. The van der Waals surface area contributed by atoms with Gasteiger partial charge in [-0.2, -0.15) is 0 Å². The van der Waals surface area contributed by atoms with Crippen LogP contribution in [0.5, 0.6) is 0 Å². The van der Waals surface area contributed by atoms with E-state index in [9.17, 15) is 10.1 Å². The molecule has 0 spiro atoms. The van der Waals surface area contributed by atoms with Crippen LogP contribution in [0.2, 0.25) is 10.0 Å². The zero-order chi connectivity index (χ0) is 15.1. The Morgan fingerprint density at radius 2 is 1.81 bits per heavy atom. The number of rotatable bonds is 2. The van der Waals surface area contributed by atoms with Crippen molar-refractivity contribution in [2.24, 2.45) is 0 Å². The number of hydrogen-bond acceptors (Lipinski definition) is 3. The highest BCUT2D eigenvalue weighted by Crippen LogP contribution is 2.35. The second kappa shape index (κ2) is 5.02. The molecule has 0 N–H and O–H groups in total. The van der Waals surface area contributed by atoms with Crippen LogP contribution in [0.25, 0.3) is 16.7 Å². The average Bonchev–Trinajstić information content (AvgIpc) is 2.74. The Bertz CT molecular complexity index is 851. The first-order chi connectivity index (χ1) is 9.99. The molecule has 0 saturated carbocycles. The first kappa shape index (κ1) is 13.9. The zero-order valence-electron chi connectivity index (χ0n) is 10.9. The van der Waals surface area contributed by atoms with Gasteiger partial charge >= 0.3 is 0 Å². The van der Waals surface area contributed by atoms with E-state index in [1.165, 1.54) is 12.1 Å². The molecule has 2 aromatic carbocycles. The number of non-ortho nitro benzene ring substituents is 1. The minimum Gasteiger partial charge on any atom is -0.293 e. The van der Waals surface area contributed by atoms with Crippen LogP contribution in [-0.2, 0) is 0 Å². The SMILES string of the molecule is Cc1nc2ccccc2n1-c1c(Cl)cc([N+](=O)[O-])cc1Cl. The third-order valence-corrected chi connectivity index (χ3v) is 3.74. The van der Waals surface area contributed by atoms with Crippen LogP contribution < -0.4 is 0 Å². The van der Waals surface area contributed by atoms with E-state index >= 15 is 0 Å². The summed E-state index contributed by atoms with van der Waals surface area (Å²) in [6, 6.07) is 10.1. The van der Waals surface area contributed by atoms with E-state index in [0.717, 1.165) is 11.0 Å². The maximum Gasteiger partial charge on any atom is 0.272 e. The molecule has 1 aromatic heterocycles. The molecule has 1 heterocycles. The third kappa shape index (κ3) is 2.24. The quantitative estimate of drug-likeness (QED) is 0.514. The lowest BCUT2D eigenvalue weighted by Gasteiger charge is -2.11. The molecule has 3 rings (SSSR count). The Balaban J connectivity index is 2.33. The van der Waals surface area contributed by atoms with Crippen molar-refractivity contribution in [3.8, 4) is 5.69 Å². The fourth-order valence-electron chi connectivity index (χ4n) is 2.30. The molecule has 5 nitrogen and oxygen atoms in total. The standard InChI is InChI=1S/C14H9Cl2N3O2/c1-8-17-12-4-2-3-5-13(12)18(8)14-10(15)6-9(19(20)21)7-11(14)16/h2-7H,1H3. The molecule has 0 saturated heterocycles. The molecular weight excluding hydrogens is 313 g/mol. The van der Waals surface area contributed by atoms with Crippen molar-refractivity contribution in [2.75, 3.05) is 0 Å². The van der Waals surface area contributed by atoms with Crippen molar-refractivity contribution in [3.05, 3.63) is 62.4 Å². The van der Waals surface area contributed by atoms with Crippen molar-refractivity contribution in [1.29, 1.82) is 0 Å². The summed E-state index contributed by atoms with van der Waals surface area (Å²) in [7, 11) is 0. The van der Waals surface area contributed by atoms with E-state index < -0.39 is 4.92 Å². The molecule has 7 heteroatoms. The highest BCUT2D eigenvalue weighted by Gasteiger charge is 2.19. The summed E-state index contributed by atoms with van der Waals surface area (Å²) in [6.07, 6.45) is 0. The number of nitro benzene ring substituents is 1. The smallest absolute Gasteiger partial charge is 0.272 e. The van der Waals surface area contributed by atoms with Crippen molar-refractivity contribution in [2.45, 2.75) is 6.92 Å². The van der Waals surface area contributed by atoms with E-state index in [2.05, 4.69) is 4.98 Å². The van der Waals surface area contributed by atoms with Gasteiger partial charge in [0.2, 0.25) is 0 Å². The van der Waals surface area contributed by atoms with Gasteiger partial charge in [-0.25, -0.2) is 4.98 Å². The van der Waals surface area contributed by atoms with Crippen LogP contribution in [0.1, 0.15) is 5.82 Å². The van der Waals surface area contributed by atoms with Gasteiger partial charge in [-0.1, -0.05) is 35.3 Å². The van der Waals surface area contributed by atoms with Crippen molar-refractivity contribution >= 4 is 39.9 Å². The summed E-state index contributed by atoms with van der Waals surface area (Å²) in [4.78, 5) is 14.8. The van der Waals surface area contributed by atoms with E-state index in [1.807, 2.05) is 31.2 Å². The van der Waals surface area contributed by atoms with E-state index in [1.54, 1.807) is 4.57 Å². The topological polar surface area (TPSA) is 61.0 Å². The molecule has 106 valence electrons. The monoisotopic (exact) mass is 321 g/mol. The molecule has 0 bridgehead atoms. The molecule has 0 atom stereocenters. The Morgan fingerprint density at radius 1 is 1.19 bits per heavy atom. The summed E-state index contributed by atoms with van der Waals surface area (Å²) in [6.45, 7) is 1.83. The molecule has 0 fully saturated rings. The fraction of sp³-hybridized carbons (Fsp3) is 0.0714. The first-order valence-corrected chi connectivity index (χ1v) is 6.82. The molecule has 0 aliphatic heterocycles. The number of nitro groups is 1. The number of hydrogen-bond donors (Lipinski definition) is 0. The molecule has 0 unspecified atom stereocenters. The molecular formula is C14H9Cl2N3O2. The number of imidazole rings is 1. The van der Waals surface area contributed by atoms with Gasteiger partial charge in [-0.15, -0.1) is 0 Å². The zero-order valence-corrected chi connectivity index (χ0v) is 12.4. The van der Waals surface area contributed by atoms with Crippen LogP contribution >= 0.6 is 23.2 Å². The van der Waals surface area contributed by atoms with Gasteiger partial charge < -0.3 is 0 Å². The van der Waals surface area contributed by atoms with Crippen molar-refractivity contribution in [1.82, 2.24) is 9.55 Å². The van der Waals surface area contributed by atoms with Gasteiger partial charge in [0.15, 0.2) is 0 Å². The minimum absolute atomic E-state index is 0.143.